The van der Waals surface area contributed by atoms with Crippen LogP contribution in [0, 0.1) is 0 Å². The number of amides is 1. The number of nitrogens with two attached hydrogens (primary N) is 1. The van der Waals surface area contributed by atoms with Gasteiger partial charge in [-0.1, -0.05) is 42.5 Å². The lowest BCUT2D eigenvalue weighted by Gasteiger charge is -2.18. The Labute approximate surface area is 125 Å². The second kappa shape index (κ2) is 7.33. The van der Waals surface area contributed by atoms with Gasteiger partial charge in [-0.2, -0.15) is 0 Å². The maximum Gasteiger partial charge on any atom is 0.224 e. The first-order valence-electron chi connectivity index (χ1n) is 7.03. The number of carbonyl (C=O) groups excluding carboxylic acids is 1. The number of para-hydroxylation sites is 2. The summed E-state index contributed by atoms with van der Waals surface area (Å²) in [6, 6.07) is 17.5. The highest BCUT2D eigenvalue weighted by Gasteiger charge is 2.09. The van der Waals surface area contributed by atoms with Crippen LogP contribution in [0.2, 0.25) is 0 Å². The molecule has 0 radical (unpaired) electrons. The molecule has 0 spiro atoms. The predicted molar refractivity (Wildman–Crippen MR) is 86.9 cm³/mol. The van der Waals surface area contributed by atoms with Crippen molar-refractivity contribution >= 4 is 17.3 Å². The molecule has 4 nitrogen and oxygen atoms in total. The highest BCUT2D eigenvalue weighted by Crippen LogP contribution is 2.16. The van der Waals surface area contributed by atoms with Crippen LogP contribution in [-0.4, -0.2) is 24.4 Å². The minimum Gasteiger partial charge on any atom is -0.397 e. The summed E-state index contributed by atoms with van der Waals surface area (Å²) >= 11 is 0. The van der Waals surface area contributed by atoms with Crippen molar-refractivity contribution in [3.05, 3.63) is 60.2 Å². The summed E-state index contributed by atoms with van der Waals surface area (Å²) in [5.74, 6) is 0.112. The first kappa shape index (κ1) is 14.9. The van der Waals surface area contributed by atoms with Crippen LogP contribution < -0.4 is 11.1 Å². The lowest BCUT2D eigenvalue weighted by atomic mass is 10.2. The van der Waals surface area contributed by atoms with E-state index in [9.17, 15) is 4.79 Å². The second-order valence-electron chi connectivity index (χ2n) is 5.00. The van der Waals surface area contributed by atoms with E-state index < -0.39 is 0 Å². The minimum atomic E-state index is 0.112. The zero-order chi connectivity index (χ0) is 15.1. The quantitative estimate of drug-likeness (QED) is 0.801. The van der Waals surface area contributed by atoms with E-state index in [0.717, 1.165) is 11.3 Å². The smallest absolute Gasteiger partial charge is 0.224 e. The molecule has 0 saturated heterocycles. The maximum absolute atomic E-state index is 12.1. The SMILES string of the molecule is CN(Cc1ccccc1)C(=O)CCNc1ccccc1N. The lowest BCUT2D eigenvalue weighted by molar-refractivity contribution is -0.130. The summed E-state index contributed by atoms with van der Waals surface area (Å²) in [5.41, 5.74) is 8.54. The summed E-state index contributed by atoms with van der Waals surface area (Å²) < 4.78 is 0. The Bertz CT molecular complexity index is 584. The highest BCUT2D eigenvalue weighted by molar-refractivity contribution is 5.76. The van der Waals surface area contributed by atoms with E-state index >= 15 is 0 Å². The third kappa shape index (κ3) is 4.53. The Morgan fingerprint density at radius 2 is 1.76 bits per heavy atom. The van der Waals surface area contributed by atoms with Crippen LogP contribution in [0.5, 0.6) is 0 Å². The van der Waals surface area contributed by atoms with E-state index in [1.165, 1.54) is 0 Å². The summed E-state index contributed by atoms with van der Waals surface area (Å²) in [6.07, 6.45) is 0.442. The van der Waals surface area contributed by atoms with Crippen LogP contribution in [0.1, 0.15) is 12.0 Å². The van der Waals surface area contributed by atoms with Gasteiger partial charge >= 0.3 is 0 Å². The van der Waals surface area contributed by atoms with Crippen molar-refractivity contribution in [3.63, 3.8) is 0 Å². The number of benzene rings is 2. The lowest BCUT2D eigenvalue weighted by Crippen LogP contribution is -2.27. The van der Waals surface area contributed by atoms with Crippen molar-refractivity contribution in [1.29, 1.82) is 0 Å². The molecule has 0 aromatic heterocycles. The molecule has 2 aromatic rings. The zero-order valence-corrected chi connectivity index (χ0v) is 12.3. The molecule has 21 heavy (non-hydrogen) atoms. The fraction of sp³-hybridized carbons (Fsp3) is 0.235. The van der Waals surface area contributed by atoms with Gasteiger partial charge in [-0.15, -0.1) is 0 Å². The van der Waals surface area contributed by atoms with Crippen molar-refractivity contribution in [2.75, 3.05) is 24.6 Å². The van der Waals surface area contributed by atoms with E-state index in [0.29, 0.717) is 25.2 Å². The molecule has 0 bridgehead atoms. The van der Waals surface area contributed by atoms with E-state index in [1.807, 2.05) is 61.6 Å². The molecule has 0 aliphatic rings. The number of nitrogens with one attached hydrogen (secondary N) is 1. The molecule has 0 saturated carbocycles. The van der Waals surface area contributed by atoms with E-state index in [-0.39, 0.29) is 5.91 Å². The Morgan fingerprint density at radius 1 is 1.10 bits per heavy atom. The molecule has 0 unspecified atom stereocenters. The molecule has 0 atom stereocenters. The topological polar surface area (TPSA) is 58.4 Å². The third-order valence-corrected chi connectivity index (χ3v) is 3.30. The van der Waals surface area contributed by atoms with Gasteiger partial charge in [-0.3, -0.25) is 4.79 Å². The van der Waals surface area contributed by atoms with Gasteiger partial charge in [0, 0.05) is 26.6 Å². The summed E-state index contributed by atoms with van der Waals surface area (Å²) in [7, 11) is 1.83. The van der Waals surface area contributed by atoms with Crippen LogP contribution in [0.3, 0.4) is 0 Å². The fourth-order valence-electron chi connectivity index (χ4n) is 2.10. The normalized spacial score (nSPS) is 10.1. The molecule has 110 valence electrons. The first-order chi connectivity index (χ1) is 10.2. The van der Waals surface area contributed by atoms with Gasteiger partial charge in [-0.25, -0.2) is 0 Å². The summed E-state index contributed by atoms with van der Waals surface area (Å²) in [4.78, 5) is 13.8. The Hall–Kier alpha value is -2.49. The largest absolute Gasteiger partial charge is 0.397 e. The van der Waals surface area contributed by atoms with Crippen molar-refractivity contribution in [2.24, 2.45) is 0 Å². The number of hydrogen-bond donors (Lipinski definition) is 2. The minimum absolute atomic E-state index is 0.112. The Morgan fingerprint density at radius 3 is 2.48 bits per heavy atom. The Kier molecular flexibility index (Phi) is 5.21. The molecule has 0 fully saturated rings. The second-order valence-corrected chi connectivity index (χ2v) is 5.00. The van der Waals surface area contributed by atoms with Gasteiger partial charge in [0.25, 0.3) is 0 Å². The average molecular weight is 283 g/mol. The van der Waals surface area contributed by atoms with Crippen LogP contribution in [0.4, 0.5) is 11.4 Å². The molecule has 0 aliphatic heterocycles. The van der Waals surface area contributed by atoms with Crippen LogP contribution in [0.25, 0.3) is 0 Å². The molecular weight excluding hydrogens is 262 g/mol. The summed E-state index contributed by atoms with van der Waals surface area (Å²) in [5, 5.41) is 3.19. The molecule has 0 aliphatic carbocycles. The molecule has 1 amide bonds. The van der Waals surface area contributed by atoms with E-state index in [1.54, 1.807) is 4.90 Å². The molecule has 2 rings (SSSR count). The van der Waals surface area contributed by atoms with Gasteiger partial charge < -0.3 is 16.0 Å². The standard InChI is InChI=1S/C17H21N3O/c1-20(13-14-7-3-2-4-8-14)17(21)11-12-19-16-10-6-5-9-15(16)18/h2-10,19H,11-13,18H2,1H3. The number of anilines is 2. The van der Waals surface area contributed by atoms with Crippen LogP contribution in [-0.2, 0) is 11.3 Å². The van der Waals surface area contributed by atoms with E-state index in [2.05, 4.69) is 5.32 Å². The Balaban J connectivity index is 1.78. The van der Waals surface area contributed by atoms with Gasteiger partial charge in [0.05, 0.1) is 11.4 Å². The maximum atomic E-state index is 12.1. The zero-order valence-electron chi connectivity index (χ0n) is 12.3. The van der Waals surface area contributed by atoms with Crippen molar-refractivity contribution in [3.8, 4) is 0 Å². The number of nitrogen functional groups attached to an aromatic ring is 1. The van der Waals surface area contributed by atoms with Gasteiger partial charge in [-0.05, 0) is 17.7 Å². The number of nitrogens with zero attached hydrogens (tertiary/aromatic N) is 1. The third-order valence-electron chi connectivity index (χ3n) is 3.30. The number of carbonyl (C=O) groups is 1. The molecular formula is C17H21N3O. The molecule has 4 heteroatoms. The molecule has 0 heterocycles. The van der Waals surface area contributed by atoms with Gasteiger partial charge in [0.2, 0.25) is 5.91 Å². The van der Waals surface area contributed by atoms with Gasteiger partial charge in [0.1, 0.15) is 0 Å². The highest BCUT2D eigenvalue weighted by atomic mass is 16.2. The van der Waals surface area contributed by atoms with Crippen LogP contribution in [0.15, 0.2) is 54.6 Å². The predicted octanol–water partition coefficient (Wildman–Crippen LogP) is 2.73. The average Bonchev–Trinajstić information content (AvgIpc) is 2.50. The summed E-state index contributed by atoms with van der Waals surface area (Å²) in [6.45, 7) is 1.21. The number of hydrogen-bond acceptors (Lipinski definition) is 3. The van der Waals surface area contributed by atoms with E-state index in [4.69, 9.17) is 5.73 Å². The van der Waals surface area contributed by atoms with Crippen molar-refractivity contribution in [2.45, 2.75) is 13.0 Å². The van der Waals surface area contributed by atoms with Gasteiger partial charge in [0.15, 0.2) is 0 Å². The molecule has 2 aromatic carbocycles. The van der Waals surface area contributed by atoms with Crippen molar-refractivity contribution in [1.82, 2.24) is 4.90 Å². The van der Waals surface area contributed by atoms with Crippen LogP contribution >= 0.6 is 0 Å². The fourth-order valence-corrected chi connectivity index (χ4v) is 2.10. The number of rotatable bonds is 6. The first-order valence-corrected chi connectivity index (χ1v) is 7.03. The molecule has 3 N–H and O–H groups in total. The monoisotopic (exact) mass is 283 g/mol. The van der Waals surface area contributed by atoms with Crippen molar-refractivity contribution < 1.29 is 4.79 Å².